The number of hydrogen-bond donors (Lipinski definition) is 24. The van der Waals surface area contributed by atoms with Gasteiger partial charge in [0.15, 0.2) is 37.7 Å². The lowest BCUT2D eigenvalue weighted by atomic mass is 9.88. The van der Waals surface area contributed by atoms with Crippen molar-refractivity contribution in [3.05, 3.63) is 0 Å². The SMILES string of the molecule is CC1C(O)[C@H](O[C@@H]2OC(CO[C@]3(C(=O)O)C[C@@H](O)[C@@H](N)C([C@H](O)[C@H](O)CO)O3)[C@H](O)[C@H](O)C2O)[C@H](CO)O[C@H]1O[C@@H]1C(O)[C@H](O)C(CO)O[C@@H]1OCC1O[C@@H](O[C@@H]2C(CO)O[C@@H](O[C@@H]3C(CO)O[C@@H](C)C(C)[C@H]3O)[C@@H](C)C2O)C(O)[C@@H](O[C@H]2O[C@H](CO)[C@@H](O)C(O)C2O)[C@@H]1O. The third-order valence-corrected chi connectivity index (χ3v) is 19.1. The minimum Gasteiger partial charge on any atom is -0.477 e. The first-order chi connectivity index (χ1) is 44.8. The van der Waals surface area contributed by atoms with E-state index in [9.17, 15) is 122 Å². The molecule has 15 unspecified atom stereocenters. The van der Waals surface area contributed by atoms with E-state index in [0.717, 1.165) is 0 Å². The highest BCUT2D eigenvalue weighted by molar-refractivity contribution is 5.76. The number of aliphatic hydroxyl groups excluding tert-OH is 22. The van der Waals surface area contributed by atoms with E-state index in [-0.39, 0.29) is 0 Å². The Morgan fingerprint density at radius 1 is 0.432 bits per heavy atom. The summed E-state index contributed by atoms with van der Waals surface area (Å²) in [6.07, 6.45) is -66.1. The monoisotopic (exact) mass is 1390 g/mol. The summed E-state index contributed by atoms with van der Waals surface area (Å²) in [7, 11) is 0. The number of hydrogen-bond acceptors (Lipinski definition) is 39. The van der Waals surface area contributed by atoms with Crippen molar-refractivity contribution < 1.29 is 193 Å². The van der Waals surface area contributed by atoms with Gasteiger partial charge in [0.2, 0.25) is 0 Å². The zero-order chi connectivity index (χ0) is 70.1. The fraction of sp³-hybridized carbons (Fsp3) is 0.982. The van der Waals surface area contributed by atoms with E-state index in [2.05, 4.69) is 0 Å². The molecule has 0 aromatic carbocycles. The topological polar surface area (TPSA) is 647 Å². The van der Waals surface area contributed by atoms with Crippen LogP contribution < -0.4 is 5.73 Å². The molecule has 554 valence electrons. The van der Waals surface area contributed by atoms with E-state index < -0.39 is 316 Å². The van der Waals surface area contributed by atoms with Gasteiger partial charge < -0.3 is 194 Å². The minimum atomic E-state index is -2.90. The minimum absolute atomic E-state index is 0.497. The molecule has 8 saturated heterocycles. The van der Waals surface area contributed by atoms with E-state index in [0.29, 0.717) is 0 Å². The van der Waals surface area contributed by atoms with Crippen LogP contribution in [0.2, 0.25) is 0 Å². The summed E-state index contributed by atoms with van der Waals surface area (Å²) in [5.74, 6) is -7.78. The second-order valence-corrected chi connectivity index (χ2v) is 25.4. The third kappa shape index (κ3) is 16.4. The molecular weight excluding hydrogens is 1300 g/mol. The van der Waals surface area contributed by atoms with Crippen LogP contribution >= 0.6 is 0 Å². The van der Waals surface area contributed by atoms with Crippen LogP contribution in [-0.4, -0.2) is 409 Å². The molecule has 8 heterocycles. The van der Waals surface area contributed by atoms with Crippen molar-refractivity contribution in [3.8, 4) is 0 Å². The van der Waals surface area contributed by atoms with Crippen LogP contribution in [0.25, 0.3) is 0 Å². The molecule has 0 aromatic heterocycles. The number of rotatable bonds is 25. The van der Waals surface area contributed by atoms with E-state index in [4.69, 9.17) is 76.8 Å². The molecule has 0 spiro atoms. The molecule has 8 aliphatic heterocycles. The number of aliphatic carboxylic acids is 1. The molecule has 41 atom stereocenters. The summed E-state index contributed by atoms with van der Waals surface area (Å²) < 4.78 is 88.2. The highest BCUT2D eigenvalue weighted by Gasteiger charge is 2.60. The number of nitrogens with two attached hydrogens (primary N) is 1. The summed E-state index contributed by atoms with van der Waals surface area (Å²) in [6, 6.07) is -1.53. The van der Waals surface area contributed by atoms with E-state index in [1.165, 1.54) is 13.8 Å². The number of carboxylic acids is 1. The van der Waals surface area contributed by atoms with Crippen LogP contribution in [0.3, 0.4) is 0 Å². The predicted octanol–water partition coefficient (Wildman–Crippen LogP) is -14.4. The van der Waals surface area contributed by atoms with Crippen LogP contribution in [0.5, 0.6) is 0 Å². The molecule has 95 heavy (non-hydrogen) atoms. The molecule has 40 heteroatoms. The molecule has 0 saturated carbocycles. The Kier molecular flexibility index (Phi) is 27.6. The van der Waals surface area contributed by atoms with Gasteiger partial charge in [-0.05, 0) is 6.92 Å². The van der Waals surface area contributed by atoms with E-state index in [1.54, 1.807) is 13.8 Å². The van der Waals surface area contributed by atoms with Gasteiger partial charge in [-0.2, -0.15) is 0 Å². The van der Waals surface area contributed by atoms with Crippen LogP contribution in [0.15, 0.2) is 0 Å². The molecule has 8 aliphatic rings. The Morgan fingerprint density at radius 3 is 1.31 bits per heavy atom. The van der Waals surface area contributed by atoms with Crippen molar-refractivity contribution >= 4 is 5.97 Å². The van der Waals surface area contributed by atoms with Crippen LogP contribution in [0.4, 0.5) is 0 Å². The first-order valence-corrected chi connectivity index (χ1v) is 31.2. The predicted molar refractivity (Wildman–Crippen MR) is 297 cm³/mol. The normalized spacial score (nSPS) is 51.6. The summed E-state index contributed by atoms with van der Waals surface area (Å²) >= 11 is 0. The van der Waals surface area contributed by atoms with Crippen LogP contribution in [-0.2, 0) is 75.8 Å². The lowest BCUT2D eigenvalue weighted by Crippen LogP contribution is -2.67. The average molecular weight is 1390 g/mol. The molecule has 8 fully saturated rings. The first kappa shape index (κ1) is 78.7. The molecule has 0 aliphatic carbocycles. The van der Waals surface area contributed by atoms with Gasteiger partial charge in [0.1, 0.15) is 153 Å². The first-order valence-electron chi connectivity index (χ1n) is 31.2. The highest BCUT2D eigenvalue weighted by Crippen LogP contribution is 2.41. The molecule has 0 radical (unpaired) electrons. The Morgan fingerprint density at radius 2 is 0.821 bits per heavy atom. The van der Waals surface area contributed by atoms with Crippen molar-refractivity contribution in [1.29, 1.82) is 0 Å². The highest BCUT2D eigenvalue weighted by atomic mass is 16.8. The van der Waals surface area contributed by atoms with E-state index in [1.807, 2.05) is 0 Å². The quantitative estimate of drug-likeness (QED) is 0.0404. The standard InChI is InChI=1S/C55H95NO39/c1-14-17(4)83-22(9-60)42(28(14)65)90-48-15(2)29(66)44(24(11-62)86-48)92-52-41(78)46(93-50-39(76)36(73)32(69)20(7-58)84-50)35(72)25(88-52)12-81-53-47(38(75)33(70)21(8-59)85-53)94-49-16(3)30(67)43(23(10-61)87-49)91-51-40(77)37(74)34(71)26(89-51)13-82-55(54(79)80)5-18(63)27(56)45(95-55)31(68)19(64)6-57/h14-53,57-78H,5-13,56H2,1-4H3,(H,79,80)/t14?,15-,16?,17-,18+,19+,20+,21?,22?,23-,24?,25?,26?,27+,28+,29?,30?,31+,32+,33+,34-,35+,36?,37-,38?,39?,40?,41?,42+,43+,44+,45?,46-,47+,48-,49-,50+,51-,52-,53-,55+/m0/s1. The number of aliphatic hydroxyl groups is 22. The molecule has 0 bridgehead atoms. The van der Waals surface area contributed by atoms with Gasteiger partial charge in [0.25, 0.3) is 5.79 Å². The summed E-state index contributed by atoms with van der Waals surface area (Å²) in [5.41, 5.74) is 5.93. The van der Waals surface area contributed by atoms with Crippen molar-refractivity contribution in [2.75, 3.05) is 52.9 Å². The summed E-state index contributed by atoms with van der Waals surface area (Å²) in [4.78, 5) is 12.7. The largest absolute Gasteiger partial charge is 0.477 e. The third-order valence-electron chi connectivity index (χ3n) is 19.1. The molecular formula is C55H95NO39. The zero-order valence-corrected chi connectivity index (χ0v) is 51.9. The smallest absolute Gasteiger partial charge is 0.364 e. The average Bonchev–Trinajstić information content (AvgIpc) is 0.793. The fourth-order valence-electron chi connectivity index (χ4n) is 12.7. The van der Waals surface area contributed by atoms with Gasteiger partial charge in [-0.25, -0.2) is 4.79 Å². The zero-order valence-electron chi connectivity index (χ0n) is 51.9. The maximum Gasteiger partial charge on any atom is 0.364 e. The van der Waals surface area contributed by atoms with Gasteiger partial charge >= 0.3 is 5.97 Å². The van der Waals surface area contributed by atoms with Crippen LogP contribution in [0.1, 0.15) is 34.1 Å². The van der Waals surface area contributed by atoms with Crippen molar-refractivity contribution in [2.24, 2.45) is 23.5 Å². The fourth-order valence-corrected chi connectivity index (χ4v) is 12.7. The van der Waals surface area contributed by atoms with Gasteiger partial charge in [-0.3, -0.25) is 0 Å². The molecule has 40 nitrogen and oxygen atoms in total. The van der Waals surface area contributed by atoms with Gasteiger partial charge in [0.05, 0.1) is 89.4 Å². The Hall–Kier alpha value is -2.05. The number of carboxylic acid groups (broad SMARTS) is 1. The lowest BCUT2D eigenvalue weighted by molar-refractivity contribution is -0.392. The van der Waals surface area contributed by atoms with E-state index >= 15 is 0 Å². The molecule has 25 N–H and O–H groups in total. The number of carbonyl (C=O) groups is 1. The maximum absolute atomic E-state index is 12.7. The van der Waals surface area contributed by atoms with Gasteiger partial charge in [0, 0.05) is 24.2 Å². The lowest BCUT2D eigenvalue weighted by Gasteiger charge is -2.50. The summed E-state index contributed by atoms with van der Waals surface area (Å²) in [5, 5.41) is 249. The number of ether oxygens (including phenoxy) is 15. The summed E-state index contributed by atoms with van der Waals surface area (Å²) in [6.45, 7) is -1.43. The van der Waals surface area contributed by atoms with Gasteiger partial charge in [-0.1, -0.05) is 20.8 Å². The van der Waals surface area contributed by atoms with Crippen molar-refractivity contribution in [1.82, 2.24) is 0 Å². The second kappa shape index (κ2) is 33.4. The second-order valence-electron chi connectivity index (χ2n) is 25.4. The van der Waals surface area contributed by atoms with Gasteiger partial charge in [-0.15, -0.1) is 0 Å². The molecule has 8 rings (SSSR count). The Bertz CT molecular complexity index is 2360. The molecule has 0 amide bonds. The molecule has 0 aromatic rings. The van der Waals surface area contributed by atoms with Crippen molar-refractivity contribution in [2.45, 2.75) is 267 Å². The Labute approximate surface area is 541 Å². The Balaban J connectivity index is 0.984. The van der Waals surface area contributed by atoms with Crippen LogP contribution in [0, 0.1) is 17.8 Å². The maximum atomic E-state index is 12.7. The van der Waals surface area contributed by atoms with Crippen molar-refractivity contribution in [3.63, 3.8) is 0 Å².